The van der Waals surface area contributed by atoms with Gasteiger partial charge in [-0.1, -0.05) is 0 Å². The number of rotatable bonds is 5. The van der Waals surface area contributed by atoms with E-state index in [9.17, 15) is 0 Å². The van der Waals surface area contributed by atoms with Crippen LogP contribution < -0.4 is 5.32 Å². The quantitative estimate of drug-likeness (QED) is 0.625. The average molecular weight is 187 g/mol. The number of methoxy groups -OCH3 is 1. The van der Waals surface area contributed by atoms with Crippen molar-refractivity contribution in [1.82, 2.24) is 5.32 Å². The first kappa shape index (κ1) is 11.0. The molecule has 0 spiro atoms. The number of aliphatic hydroxyl groups is 1. The van der Waals surface area contributed by atoms with Crippen LogP contribution in [0.4, 0.5) is 0 Å². The molecule has 2 unspecified atom stereocenters. The number of hydrogen-bond acceptors (Lipinski definition) is 3. The molecule has 3 nitrogen and oxygen atoms in total. The van der Waals surface area contributed by atoms with E-state index in [0.29, 0.717) is 5.92 Å². The Hall–Kier alpha value is -0.120. The molecule has 13 heavy (non-hydrogen) atoms. The van der Waals surface area contributed by atoms with E-state index < -0.39 is 0 Å². The number of nitrogens with one attached hydrogen (secondary N) is 1. The van der Waals surface area contributed by atoms with E-state index in [-0.39, 0.29) is 12.1 Å². The predicted octanol–water partition coefficient (Wildman–Crippen LogP) is 0.774. The summed E-state index contributed by atoms with van der Waals surface area (Å²) in [5.74, 6) is 0.715. The Morgan fingerprint density at radius 2 is 2.38 bits per heavy atom. The summed E-state index contributed by atoms with van der Waals surface area (Å²) in [4.78, 5) is 0. The third-order valence-corrected chi connectivity index (χ3v) is 2.87. The third-order valence-electron chi connectivity index (χ3n) is 2.87. The maximum Gasteiger partial charge on any atom is 0.0610 e. The van der Waals surface area contributed by atoms with Gasteiger partial charge in [0.25, 0.3) is 0 Å². The van der Waals surface area contributed by atoms with Crippen LogP contribution in [0.15, 0.2) is 0 Å². The fourth-order valence-electron chi connectivity index (χ4n) is 2.01. The van der Waals surface area contributed by atoms with Gasteiger partial charge in [-0.15, -0.1) is 0 Å². The van der Waals surface area contributed by atoms with Gasteiger partial charge >= 0.3 is 0 Å². The zero-order valence-corrected chi connectivity index (χ0v) is 8.68. The Morgan fingerprint density at radius 1 is 1.62 bits per heavy atom. The summed E-state index contributed by atoms with van der Waals surface area (Å²) in [7, 11) is 1.74. The van der Waals surface area contributed by atoms with Crippen LogP contribution in [0.25, 0.3) is 0 Å². The van der Waals surface area contributed by atoms with Gasteiger partial charge < -0.3 is 15.2 Å². The van der Waals surface area contributed by atoms with Gasteiger partial charge in [-0.3, -0.25) is 0 Å². The molecule has 1 rings (SSSR count). The van der Waals surface area contributed by atoms with E-state index in [2.05, 4.69) is 12.2 Å². The minimum absolute atomic E-state index is 0.0300. The summed E-state index contributed by atoms with van der Waals surface area (Å²) in [5.41, 5.74) is -0.0300. The summed E-state index contributed by atoms with van der Waals surface area (Å²) in [6.07, 6.45) is 3.42. The van der Waals surface area contributed by atoms with Crippen molar-refractivity contribution < 1.29 is 9.84 Å². The first-order chi connectivity index (χ1) is 6.20. The molecule has 2 atom stereocenters. The minimum atomic E-state index is -0.0300. The molecule has 0 saturated carbocycles. The molecule has 1 aliphatic heterocycles. The van der Waals surface area contributed by atoms with Crippen LogP contribution in [-0.4, -0.2) is 37.5 Å². The Bertz CT molecular complexity index is 152. The average Bonchev–Trinajstić information content (AvgIpc) is 2.50. The van der Waals surface area contributed by atoms with Crippen LogP contribution in [0.5, 0.6) is 0 Å². The third kappa shape index (κ3) is 3.25. The van der Waals surface area contributed by atoms with E-state index in [0.717, 1.165) is 26.0 Å². The first-order valence-corrected chi connectivity index (χ1v) is 5.05. The number of ether oxygens (including phenoxy) is 1. The van der Waals surface area contributed by atoms with Crippen molar-refractivity contribution in [2.75, 3.05) is 26.9 Å². The highest BCUT2D eigenvalue weighted by molar-refractivity contribution is 4.92. The SMILES string of the molecule is COCCCC1CNC(C)(CO)C1. The molecule has 0 aromatic rings. The molecular formula is C10H21NO2. The van der Waals surface area contributed by atoms with Crippen molar-refractivity contribution in [3.8, 4) is 0 Å². The Balaban J connectivity index is 2.17. The molecule has 0 aliphatic carbocycles. The molecule has 0 aromatic heterocycles. The van der Waals surface area contributed by atoms with Gasteiger partial charge in [-0.25, -0.2) is 0 Å². The highest BCUT2D eigenvalue weighted by atomic mass is 16.5. The normalized spacial score (nSPS) is 33.9. The summed E-state index contributed by atoms with van der Waals surface area (Å²) in [5, 5.41) is 12.5. The van der Waals surface area contributed by atoms with Gasteiger partial charge in [0, 0.05) is 19.3 Å². The smallest absolute Gasteiger partial charge is 0.0610 e. The van der Waals surface area contributed by atoms with Crippen molar-refractivity contribution >= 4 is 0 Å². The monoisotopic (exact) mass is 187 g/mol. The summed E-state index contributed by atoms with van der Waals surface area (Å²) in [6.45, 7) is 4.23. The molecule has 1 aliphatic rings. The molecule has 1 heterocycles. The zero-order valence-electron chi connectivity index (χ0n) is 8.68. The molecule has 3 heteroatoms. The van der Waals surface area contributed by atoms with Gasteiger partial charge in [0.05, 0.1) is 6.61 Å². The molecule has 0 amide bonds. The van der Waals surface area contributed by atoms with E-state index in [1.807, 2.05) is 0 Å². The van der Waals surface area contributed by atoms with Crippen molar-refractivity contribution in [3.63, 3.8) is 0 Å². The Kier molecular flexibility index (Phi) is 4.16. The lowest BCUT2D eigenvalue weighted by Crippen LogP contribution is -2.39. The van der Waals surface area contributed by atoms with E-state index in [4.69, 9.17) is 9.84 Å². The molecule has 1 fully saturated rings. The van der Waals surface area contributed by atoms with Gasteiger partial charge in [0.15, 0.2) is 0 Å². The second kappa shape index (κ2) is 4.94. The summed E-state index contributed by atoms with van der Waals surface area (Å²) >= 11 is 0. The van der Waals surface area contributed by atoms with Gasteiger partial charge in [0.1, 0.15) is 0 Å². The fraction of sp³-hybridized carbons (Fsp3) is 1.00. The van der Waals surface area contributed by atoms with Crippen molar-refractivity contribution in [3.05, 3.63) is 0 Å². The lowest BCUT2D eigenvalue weighted by molar-refractivity contribution is 0.179. The standard InChI is InChI=1S/C10H21NO2/c1-10(8-12)6-9(7-11-10)4-3-5-13-2/h9,11-12H,3-8H2,1-2H3. The lowest BCUT2D eigenvalue weighted by atomic mass is 9.93. The van der Waals surface area contributed by atoms with Gasteiger partial charge in [-0.05, 0) is 38.6 Å². The van der Waals surface area contributed by atoms with E-state index in [1.54, 1.807) is 7.11 Å². The zero-order chi connectivity index (χ0) is 9.73. The highest BCUT2D eigenvalue weighted by Crippen LogP contribution is 2.26. The predicted molar refractivity (Wildman–Crippen MR) is 52.7 cm³/mol. The van der Waals surface area contributed by atoms with E-state index in [1.165, 1.54) is 6.42 Å². The van der Waals surface area contributed by atoms with Crippen LogP contribution in [-0.2, 0) is 4.74 Å². The second-order valence-corrected chi connectivity index (χ2v) is 4.30. The summed E-state index contributed by atoms with van der Waals surface area (Å²) in [6, 6.07) is 0. The van der Waals surface area contributed by atoms with Crippen molar-refractivity contribution in [2.24, 2.45) is 5.92 Å². The summed E-state index contributed by atoms with van der Waals surface area (Å²) < 4.78 is 5.01. The molecule has 0 aromatic carbocycles. The van der Waals surface area contributed by atoms with E-state index >= 15 is 0 Å². The largest absolute Gasteiger partial charge is 0.394 e. The van der Waals surface area contributed by atoms with Gasteiger partial charge in [-0.2, -0.15) is 0 Å². The van der Waals surface area contributed by atoms with Crippen LogP contribution in [0, 0.1) is 5.92 Å². The number of aliphatic hydroxyl groups excluding tert-OH is 1. The minimum Gasteiger partial charge on any atom is -0.394 e. The highest BCUT2D eigenvalue weighted by Gasteiger charge is 2.33. The molecule has 78 valence electrons. The van der Waals surface area contributed by atoms with Crippen LogP contribution in [0.2, 0.25) is 0 Å². The molecular weight excluding hydrogens is 166 g/mol. The Morgan fingerprint density at radius 3 is 2.92 bits per heavy atom. The van der Waals surface area contributed by atoms with Crippen LogP contribution in [0.3, 0.4) is 0 Å². The molecule has 0 radical (unpaired) electrons. The Labute approximate surface area is 80.5 Å². The van der Waals surface area contributed by atoms with Crippen LogP contribution >= 0.6 is 0 Å². The first-order valence-electron chi connectivity index (χ1n) is 5.05. The van der Waals surface area contributed by atoms with Crippen molar-refractivity contribution in [2.45, 2.75) is 31.7 Å². The lowest BCUT2D eigenvalue weighted by Gasteiger charge is -2.20. The maximum atomic E-state index is 9.13. The van der Waals surface area contributed by atoms with Crippen LogP contribution in [0.1, 0.15) is 26.2 Å². The maximum absolute atomic E-state index is 9.13. The van der Waals surface area contributed by atoms with Crippen molar-refractivity contribution in [1.29, 1.82) is 0 Å². The fourth-order valence-corrected chi connectivity index (χ4v) is 2.01. The molecule has 0 bridgehead atoms. The van der Waals surface area contributed by atoms with Gasteiger partial charge in [0.2, 0.25) is 0 Å². The molecule has 2 N–H and O–H groups in total. The topological polar surface area (TPSA) is 41.5 Å². The number of hydrogen-bond donors (Lipinski definition) is 2. The molecule has 1 saturated heterocycles. The second-order valence-electron chi connectivity index (χ2n) is 4.30.